The van der Waals surface area contributed by atoms with Gasteiger partial charge in [0.05, 0.1) is 5.56 Å². The Bertz CT molecular complexity index is 538. The molecule has 2 heterocycles. The van der Waals surface area contributed by atoms with Crippen molar-refractivity contribution in [2.75, 3.05) is 18.4 Å². The Morgan fingerprint density at radius 2 is 2.25 bits per heavy atom. The van der Waals surface area contributed by atoms with Gasteiger partial charge in [0.1, 0.15) is 5.82 Å². The van der Waals surface area contributed by atoms with Gasteiger partial charge in [0.25, 0.3) is 5.91 Å². The highest BCUT2D eigenvalue weighted by Crippen LogP contribution is 2.10. The molecule has 0 bridgehead atoms. The van der Waals surface area contributed by atoms with Crippen LogP contribution in [-0.4, -0.2) is 33.8 Å². The average molecular weight is 273 g/mol. The summed E-state index contributed by atoms with van der Waals surface area (Å²) in [4.78, 5) is 16.3. The molecule has 0 aliphatic rings. The predicted molar refractivity (Wildman–Crippen MR) is 77.6 cm³/mol. The minimum Gasteiger partial charge on any atom is -0.370 e. The van der Waals surface area contributed by atoms with Gasteiger partial charge in [0, 0.05) is 38.2 Å². The number of nitrogens with zero attached hydrogens (tertiary/aromatic N) is 3. The summed E-state index contributed by atoms with van der Waals surface area (Å²) >= 11 is 0. The van der Waals surface area contributed by atoms with Crippen molar-refractivity contribution in [3.8, 4) is 0 Å². The SMILES string of the molecule is CCNc1ncccc1C(=O)NCCCn1cccn1. The van der Waals surface area contributed by atoms with Crippen molar-refractivity contribution in [2.45, 2.75) is 19.9 Å². The van der Waals surface area contributed by atoms with Gasteiger partial charge in [-0.1, -0.05) is 0 Å². The number of rotatable bonds is 7. The van der Waals surface area contributed by atoms with E-state index in [1.54, 1.807) is 24.5 Å². The van der Waals surface area contributed by atoms with Crippen molar-refractivity contribution in [1.82, 2.24) is 20.1 Å². The number of hydrogen-bond acceptors (Lipinski definition) is 4. The Labute approximate surface area is 118 Å². The number of carbonyl (C=O) groups is 1. The van der Waals surface area contributed by atoms with E-state index < -0.39 is 0 Å². The highest BCUT2D eigenvalue weighted by Gasteiger charge is 2.10. The van der Waals surface area contributed by atoms with Crippen LogP contribution in [0.15, 0.2) is 36.8 Å². The van der Waals surface area contributed by atoms with E-state index in [-0.39, 0.29) is 5.91 Å². The highest BCUT2D eigenvalue weighted by atomic mass is 16.1. The molecule has 0 aromatic carbocycles. The summed E-state index contributed by atoms with van der Waals surface area (Å²) in [5.74, 6) is 0.522. The van der Waals surface area contributed by atoms with Crippen LogP contribution in [0.2, 0.25) is 0 Å². The van der Waals surface area contributed by atoms with Gasteiger partial charge in [-0.05, 0) is 31.5 Å². The molecule has 0 saturated carbocycles. The molecule has 2 aromatic heterocycles. The number of aromatic nitrogens is 3. The van der Waals surface area contributed by atoms with Gasteiger partial charge in [-0.15, -0.1) is 0 Å². The number of pyridine rings is 1. The van der Waals surface area contributed by atoms with Crippen molar-refractivity contribution < 1.29 is 4.79 Å². The van der Waals surface area contributed by atoms with Gasteiger partial charge in [0.2, 0.25) is 0 Å². The fourth-order valence-corrected chi connectivity index (χ4v) is 1.87. The first kappa shape index (κ1) is 14.0. The molecular formula is C14H19N5O. The zero-order valence-electron chi connectivity index (χ0n) is 11.5. The fourth-order valence-electron chi connectivity index (χ4n) is 1.87. The van der Waals surface area contributed by atoms with Gasteiger partial charge < -0.3 is 10.6 Å². The van der Waals surface area contributed by atoms with Crippen molar-refractivity contribution in [2.24, 2.45) is 0 Å². The van der Waals surface area contributed by atoms with Crippen LogP contribution in [-0.2, 0) is 6.54 Å². The van der Waals surface area contributed by atoms with E-state index in [4.69, 9.17) is 0 Å². The maximum Gasteiger partial charge on any atom is 0.255 e. The maximum absolute atomic E-state index is 12.1. The number of carbonyl (C=O) groups excluding carboxylic acids is 1. The fraction of sp³-hybridized carbons (Fsp3) is 0.357. The number of hydrogen-bond donors (Lipinski definition) is 2. The largest absolute Gasteiger partial charge is 0.370 e. The van der Waals surface area contributed by atoms with E-state index in [9.17, 15) is 4.79 Å². The maximum atomic E-state index is 12.1. The minimum absolute atomic E-state index is 0.102. The Morgan fingerprint density at radius 3 is 3.00 bits per heavy atom. The lowest BCUT2D eigenvalue weighted by Gasteiger charge is -2.09. The smallest absolute Gasteiger partial charge is 0.255 e. The molecule has 0 aliphatic carbocycles. The van der Waals surface area contributed by atoms with Gasteiger partial charge in [-0.3, -0.25) is 9.48 Å². The highest BCUT2D eigenvalue weighted by molar-refractivity contribution is 5.98. The van der Waals surface area contributed by atoms with Crippen LogP contribution < -0.4 is 10.6 Å². The van der Waals surface area contributed by atoms with Crippen LogP contribution >= 0.6 is 0 Å². The predicted octanol–water partition coefficient (Wildman–Crippen LogP) is 1.53. The number of amides is 1. The second-order valence-electron chi connectivity index (χ2n) is 4.31. The molecule has 20 heavy (non-hydrogen) atoms. The lowest BCUT2D eigenvalue weighted by Crippen LogP contribution is -2.26. The van der Waals surface area contributed by atoms with E-state index in [0.29, 0.717) is 17.9 Å². The van der Waals surface area contributed by atoms with Crippen LogP contribution in [0.4, 0.5) is 5.82 Å². The first-order chi connectivity index (χ1) is 9.81. The second-order valence-corrected chi connectivity index (χ2v) is 4.31. The Kier molecular flexibility index (Phi) is 5.11. The Morgan fingerprint density at radius 1 is 1.35 bits per heavy atom. The van der Waals surface area contributed by atoms with Gasteiger partial charge in [-0.25, -0.2) is 4.98 Å². The topological polar surface area (TPSA) is 71.8 Å². The molecular weight excluding hydrogens is 254 g/mol. The van der Waals surface area contributed by atoms with Crippen LogP contribution in [0.5, 0.6) is 0 Å². The minimum atomic E-state index is -0.102. The van der Waals surface area contributed by atoms with E-state index in [1.165, 1.54) is 0 Å². The van der Waals surface area contributed by atoms with Crippen LogP contribution in [0, 0.1) is 0 Å². The summed E-state index contributed by atoms with van der Waals surface area (Å²) in [6, 6.07) is 5.42. The molecule has 106 valence electrons. The van der Waals surface area contributed by atoms with Gasteiger partial charge in [0.15, 0.2) is 0 Å². The lowest BCUT2D eigenvalue weighted by atomic mass is 10.2. The van der Waals surface area contributed by atoms with E-state index >= 15 is 0 Å². The van der Waals surface area contributed by atoms with Crippen molar-refractivity contribution in [3.63, 3.8) is 0 Å². The number of aryl methyl sites for hydroxylation is 1. The third-order valence-electron chi connectivity index (χ3n) is 2.81. The normalized spacial score (nSPS) is 10.2. The first-order valence-electron chi connectivity index (χ1n) is 6.75. The monoisotopic (exact) mass is 273 g/mol. The second kappa shape index (κ2) is 7.28. The molecule has 0 saturated heterocycles. The summed E-state index contributed by atoms with van der Waals surface area (Å²) in [6.07, 6.45) is 6.17. The molecule has 6 nitrogen and oxygen atoms in total. The zero-order valence-corrected chi connectivity index (χ0v) is 11.5. The molecule has 0 radical (unpaired) electrons. The Balaban J connectivity index is 1.82. The molecule has 2 aromatic rings. The van der Waals surface area contributed by atoms with Crippen LogP contribution in [0.3, 0.4) is 0 Å². The lowest BCUT2D eigenvalue weighted by molar-refractivity contribution is 0.0953. The van der Waals surface area contributed by atoms with Crippen LogP contribution in [0.25, 0.3) is 0 Å². The molecule has 6 heteroatoms. The summed E-state index contributed by atoms with van der Waals surface area (Å²) in [6.45, 7) is 4.11. The molecule has 0 atom stereocenters. The first-order valence-corrected chi connectivity index (χ1v) is 6.75. The van der Waals surface area contributed by atoms with Crippen molar-refractivity contribution >= 4 is 11.7 Å². The van der Waals surface area contributed by atoms with Crippen molar-refractivity contribution in [3.05, 3.63) is 42.4 Å². The summed E-state index contributed by atoms with van der Waals surface area (Å²) in [5.41, 5.74) is 0.577. The summed E-state index contributed by atoms with van der Waals surface area (Å²) in [7, 11) is 0. The number of nitrogens with one attached hydrogen (secondary N) is 2. The summed E-state index contributed by atoms with van der Waals surface area (Å²) in [5, 5.41) is 10.1. The number of anilines is 1. The van der Waals surface area contributed by atoms with Crippen molar-refractivity contribution in [1.29, 1.82) is 0 Å². The van der Waals surface area contributed by atoms with Gasteiger partial charge in [-0.2, -0.15) is 5.10 Å². The molecule has 0 spiro atoms. The summed E-state index contributed by atoms with van der Waals surface area (Å²) < 4.78 is 1.85. The third kappa shape index (κ3) is 3.81. The molecule has 0 aliphatic heterocycles. The molecule has 0 unspecified atom stereocenters. The Hall–Kier alpha value is -2.37. The zero-order chi connectivity index (χ0) is 14.2. The van der Waals surface area contributed by atoms with E-state index in [2.05, 4.69) is 20.7 Å². The third-order valence-corrected chi connectivity index (χ3v) is 2.81. The molecule has 2 rings (SSSR count). The molecule has 1 amide bonds. The van der Waals surface area contributed by atoms with E-state index in [1.807, 2.05) is 23.9 Å². The standard InChI is InChI=1S/C14H19N5O/c1-2-15-13-12(6-3-7-16-13)14(20)17-8-4-10-19-11-5-9-18-19/h3,5-7,9,11H,2,4,8,10H2,1H3,(H,15,16)(H,17,20). The van der Waals surface area contributed by atoms with E-state index in [0.717, 1.165) is 19.5 Å². The quantitative estimate of drug-likeness (QED) is 0.750. The van der Waals surface area contributed by atoms with Gasteiger partial charge >= 0.3 is 0 Å². The van der Waals surface area contributed by atoms with Crippen LogP contribution in [0.1, 0.15) is 23.7 Å². The molecule has 0 fully saturated rings. The molecule has 2 N–H and O–H groups in total. The average Bonchev–Trinajstić information content (AvgIpc) is 2.97.